The van der Waals surface area contributed by atoms with E-state index in [1.165, 1.54) is 17.3 Å². The lowest BCUT2D eigenvalue weighted by atomic mass is 10.2. The van der Waals surface area contributed by atoms with E-state index >= 15 is 0 Å². The number of fused-ring (bicyclic) bond motifs is 1. The number of hydrogen-bond donors (Lipinski definition) is 1. The number of carbonyl (C=O) groups excluding carboxylic acids is 2. The smallest absolute Gasteiger partial charge is 0.418 e. The van der Waals surface area contributed by atoms with Crippen molar-refractivity contribution in [3.8, 4) is 5.88 Å². The summed E-state index contributed by atoms with van der Waals surface area (Å²) in [6.07, 6.45) is -5.26. The summed E-state index contributed by atoms with van der Waals surface area (Å²) in [6.45, 7) is 5.77. The molecule has 0 saturated carbocycles. The fraction of sp³-hybridized carbons (Fsp3) is 0.526. The van der Waals surface area contributed by atoms with Crippen molar-refractivity contribution in [2.75, 3.05) is 20.1 Å². The van der Waals surface area contributed by atoms with Crippen molar-refractivity contribution in [3.05, 3.63) is 22.6 Å². The van der Waals surface area contributed by atoms with Gasteiger partial charge < -0.3 is 19.7 Å². The van der Waals surface area contributed by atoms with Gasteiger partial charge >= 0.3 is 12.3 Å². The Kier molecular flexibility index (Phi) is 5.85. The second-order valence-electron chi connectivity index (χ2n) is 7.87. The highest BCUT2D eigenvalue weighted by molar-refractivity contribution is 7.17. The third-order valence-corrected chi connectivity index (χ3v) is 5.36. The van der Waals surface area contributed by atoms with E-state index in [1.54, 1.807) is 20.8 Å². The number of alkyl halides is 3. The number of nitrogens with zero attached hydrogens (tertiary/aromatic N) is 2. The molecule has 3 heterocycles. The molecule has 0 aromatic carbocycles. The second-order valence-corrected chi connectivity index (χ2v) is 8.75. The third-order valence-electron chi connectivity index (χ3n) is 4.36. The van der Waals surface area contributed by atoms with Crippen LogP contribution in [0.25, 0.3) is 10.2 Å². The molecule has 1 aliphatic heterocycles. The molecule has 0 unspecified atom stereocenters. The van der Waals surface area contributed by atoms with Crippen molar-refractivity contribution in [2.24, 2.45) is 0 Å². The Morgan fingerprint density at radius 3 is 2.60 bits per heavy atom. The zero-order chi connectivity index (χ0) is 22.3. The van der Waals surface area contributed by atoms with Crippen molar-refractivity contribution in [1.82, 2.24) is 15.2 Å². The molecule has 1 atom stereocenters. The van der Waals surface area contributed by atoms with Crippen LogP contribution in [-0.2, 0) is 10.9 Å². The minimum atomic E-state index is -4.64. The maximum absolute atomic E-state index is 13.6. The molecule has 30 heavy (non-hydrogen) atoms. The van der Waals surface area contributed by atoms with E-state index < -0.39 is 35.4 Å². The molecule has 7 nitrogen and oxygen atoms in total. The number of halogens is 3. The summed E-state index contributed by atoms with van der Waals surface area (Å²) < 4.78 is 51.6. The molecule has 0 radical (unpaired) electrons. The first-order chi connectivity index (χ1) is 13.9. The maximum Gasteiger partial charge on any atom is 0.418 e. The standard InChI is InChI=1S/C19H22F3N3O4S/c1-18(2,3)29-17(27)25-6-5-10(8-25)28-13-7-12(19(20,21)22)15-14(24-13)11(9-30-15)16(26)23-4/h7,9-10H,5-6,8H2,1-4H3,(H,23,26)/t10-/m0/s1. The fourth-order valence-corrected chi connectivity index (χ4v) is 4.06. The molecule has 0 aliphatic carbocycles. The van der Waals surface area contributed by atoms with Crippen LogP contribution in [0, 0.1) is 0 Å². The highest BCUT2D eigenvalue weighted by Crippen LogP contribution is 2.40. The molecule has 0 spiro atoms. The van der Waals surface area contributed by atoms with E-state index in [2.05, 4.69) is 10.3 Å². The Bertz CT molecular complexity index is 968. The number of aromatic nitrogens is 1. The van der Waals surface area contributed by atoms with Crippen LogP contribution in [0.15, 0.2) is 11.4 Å². The normalized spacial score (nSPS) is 17.3. The minimum Gasteiger partial charge on any atom is -0.472 e. The molecule has 2 aromatic rings. The Labute approximate surface area is 175 Å². The van der Waals surface area contributed by atoms with Crippen LogP contribution in [-0.4, -0.2) is 53.7 Å². The van der Waals surface area contributed by atoms with E-state index in [4.69, 9.17) is 9.47 Å². The van der Waals surface area contributed by atoms with Crippen LogP contribution in [0.1, 0.15) is 43.1 Å². The lowest BCUT2D eigenvalue weighted by Crippen LogP contribution is -2.36. The molecule has 3 rings (SSSR count). The number of ether oxygens (including phenoxy) is 2. The summed E-state index contributed by atoms with van der Waals surface area (Å²) in [6, 6.07) is 0.836. The van der Waals surface area contributed by atoms with Gasteiger partial charge in [-0.25, -0.2) is 9.78 Å². The summed E-state index contributed by atoms with van der Waals surface area (Å²) in [5.41, 5.74) is -1.58. The summed E-state index contributed by atoms with van der Waals surface area (Å²) in [7, 11) is 1.39. The fourth-order valence-electron chi connectivity index (χ4n) is 3.04. The largest absolute Gasteiger partial charge is 0.472 e. The summed E-state index contributed by atoms with van der Waals surface area (Å²) in [4.78, 5) is 29.8. The number of nitrogens with one attached hydrogen (secondary N) is 1. The summed E-state index contributed by atoms with van der Waals surface area (Å²) in [5, 5.41) is 3.74. The van der Waals surface area contributed by atoms with Crippen LogP contribution in [0.5, 0.6) is 5.88 Å². The predicted octanol–water partition coefficient (Wildman–Crippen LogP) is 4.06. The number of likely N-dealkylation sites (tertiary alicyclic amines) is 1. The first-order valence-corrected chi connectivity index (χ1v) is 10.1. The molecule has 0 bridgehead atoms. The van der Waals surface area contributed by atoms with E-state index in [1.807, 2.05) is 0 Å². The van der Waals surface area contributed by atoms with Gasteiger partial charge in [0.15, 0.2) is 0 Å². The van der Waals surface area contributed by atoms with E-state index in [0.29, 0.717) is 13.0 Å². The van der Waals surface area contributed by atoms with Gasteiger partial charge in [0.2, 0.25) is 5.88 Å². The predicted molar refractivity (Wildman–Crippen MR) is 105 cm³/mol. The zero-order valence-corrected chi connectivity index (χ0v) is 17.7. The van der Waals surface area contributed by atoms with Crippen molar-refractivity contribution in [3.63, 3.8) is 0 Å². The van der Waals surface area contributed by atoms with Crippen LogP contribution in [0.2, 0.25) is 0 Å². The molecule has 164 valence electrons. The Hall–Kier alpha value is -2.56. The maximum atomic E-state index is 13.6. The molecular weight excluding hydrogens is 423 g/mol. The first kappa shape index (κ1) is 22.1. The van der Waals surface area contributed by atoms with Gasteiger partial charge in [0, 0.05) is 31.5 Å². The lowest BCUT2D eigenvalue weighted by molar-refractivity contribution is -0.136. The lowest BCUT2D eigenvalue weighted by Gasteiger charge is -2.24. The van der Waals surface area contributed by atoms with Crippen LogP contribution in [0.4, 0.5) is 18.0 Å². The average Bonchev–Trinajstić information content (AvgIpc) is 3.25. The SMILES string of the molecule is CNC(=O)c1csc2c(C(F)(F)F)cc(O[C@H]3CCN(C(=O)OC(C)(C)C)C3)nc12. The molecule has 11 heteroatoms. The molecule has 1 saturated heterocycles. The number of carbonyl (C=O) groups is 2. The third kappa shape index (κ3) is 4.77. The number of hydrogen-bond acceptors (Lipinski definition) is 6. The van der Waals surface area contributed by atoms with Gasteiger partial charge in [-0.15, -0.1) is 11.3 Å². The van der Waals surface area contributed by atoms with Gasteiger partial charge in [0.05, 0.1) is 27.9 Å². The average molecular weight is 445 g/mol. The monoisotopic (exact) mass is 445 g/mol. The zero-order valence-electron chi connectivity index (χ0n) is 16.9. The number of thiophene rings is 1. The van der Waals surface area contributed by atoms with Crippen molar-refractivity contribution >= 4 is 33.6 Å². The van der Waals surface area contributed by atoms with Gasteiger partial charge in [0.1, 0.15) is 11.7 Å². The topological polar surface area (TPSA) is 80.8 Å². The molecule has 1 N–H and O–H groups in total. The first-order valence-electron chi connectivity index (χ1n) is 9.25. The van der Waals surface area contributed by atoms with Crippen LogP contribution in [0.3, 0.4) is 0 Å². The summed E-state index contributed by atoms with van der Waals surface area (Å²) in [5.74, 6) is -0.773. The van der Waals surface area contributed by atoms with Crippen LogP contribution < -0.4 is 10.1 Å². The van der Waals surface area contributed by atoms with Crippen molar-refractivity contribution in [2.45, 2.75) is 45.1 Å². The van der Waals surface area contributed by atoms with Crippen LogP contribution >= 0.6 is 11.3 Å². The van der Waals surface area contributed by atoms with E-state index in [9.17, 15) is 22.8 Å². The van der Waals surface area contributed by atoms with Crippen molar-refractivity contribution in [1.29, 1.82) is 0 Å². The van der Waals surface area contributed by atoms with Gasteiger partial charge in [0.25, 0.3) is 5.91 Å². The Balaban J connectivity index is 1.86. The number of amides is 2. The summed E-state index contributed by atoms with van der Waals surface area (Å²) >= 11 is 0.804. The molecule has 2 amide bonds. The van der Waals surface area contributed by atoms with Gasteiger partial charge in [-0.1, -0.05) is 0 Å². The second kappa shape index (κ2) is 7.93. The van der Waals surface area contributed by atoms with E-state index in [0.717, 1.165) is 17.4 Å². The van der Waals surface area contributed by atoms with Gasteiger partial charge in [-0.2, -0.15) is 13.2 Å². The quantitative estimate of drug-likeness (QED) is 0.771. The number of rotatable bonds is 3. The molecule has 1 fully saturated rings. The van der Waals surface area contributed by atoms with E-state index in [-0.39, 0.29) is 28.2 Å². The highest BCUT2D eigenvalue weighted by atomic mass is 32.1. The Morgan fingerprint density at radius 1 is 1.30 bits per heavy atom. The Morgan fingerprint density at radius 2 is 2.00 bits per heavy atom. The molecule has 1 aliphatic rings. The van der Waals surface area contributed by atoms with Gasteiger partial charge in [-0.05, 0) is 20.8 Å². The van der Waals surface area contributed by atoms with Gasteiger partial charge in [-0.3, -0.25) is 4.79 Å². The highest BCUT2D eigenvalue weighted by Gasteiger charge is 2.36. The molecule has 2 aromatic heterocycles. The molecular formula is C19H22F3N3O4S. The minimum absolute atomic E-state index is 0.0512. The van der Waals surface area contributed by atoms with Crippen molar-refractivity contribution < 1.29 is 32.2 Å². The number of pyridine rings is 1.